The Balaban J connectivity index is 1.50. The number of carbonyl (C=O) groups excluding carboxylic acids is 2. The van der Waals surface area contributed by atoms with Gasteiger partial charge in [0.15, 0.2) is 0 Å². The first-order valence-corrected chi connectivity index (χ1v) is 9.20. The van der Waals surface area contributed by atoms with Crippen LogP contribution in [0.3, 0.4) is 0 Å². The maximum absolute atomic E-state index is 12.6. The largest absolute Gasteiger partial charge is 0.447 e. The van der Waals surface area contributed by atoms with Gasteiger partial charge in [0.1, 0.15) is 6.61 Å². The lowest BCUT2D eigenvalue weighted by atomic mass is 9.97. The molecule has 0 bridgehead atoms. The second-order valence-electron chi connectivity index (χ2n) is 6.94. The highest BCUT2D eigenvalue weighted by Crippen LogP contribution is 2.30. The van der Waals surface area contributed by atoms with Crippen LogP contribution in [0.2, 0.25) is 0 Å². The standard InChI is InChI=1S/C22H22N2O3/c1-16-4-2-5-17(14-16)8-9-21(25)23-11-10-19-18(15-23)6-3-7-20(19)24-12-13-27-22(24)26/h2-9,14H,10-13,15H2,1H3/b9-8+. The topological polar surface area (TPSA) is 49.9 Å². The molecule has 4 rings (SSSR count). The summed E-state index contributed by atoms with van der Waals surface area (Å²) in [4.78, 5) is 28.1. The van der Waals surface area contributed by atoms with E-state index in [9.17, 15) is 9.59 Å². The minimum atomic E-state index is -0.289. The van der Waals surface area contributed by atoms with Crippen LogP contribution in [0.5, 0.6) is 0 Å². The number of rotatable bonds is 3. The fraction of sp³-hybridized carbons (Fsp3) is 0.273. The SMILES string of the molecule is Cc1cccc(/C=C/C(=O)N2CCc3c(cccc3N3CCOC3=O)C2)c1. The Bertz CT molecular complexity index is 920. The molecule has 0 unspecified atom stereocenters. The summed E-state index contributed by atoms with van der Waals surface area (Å²) in [5.41, 5.74) is 5.34. The molecular weight excluding hydrogens is 340 g/mol. The highest BCUT2D eigenvalue weighted by atomic mass is 16.6. The van der Waals surface area contributed by atoms with E-state index >= 15 is 0 Å². The number of nitrogens with zero attached hydrogens (tertiary/aromatic N) is 2. The molecule has 0 radical (unpaired) electrons. The molecule has 0 atom stereocenters. The van der Waals surface area contributed by atoms with E-state index in [1.165, 1.54) is 5.56 Å². The number of anilines is 1. The second kappa shape index (κ2) is 7.27. The molecule has 2 aliphatic rings. The van der Waals surface area contributed by atoms with Crippen LogP contribution in [0.1, 0.15) is 22.3 Å². The first kappa shape index (κ1) is 17.3. The Hall–Kier alpha value is -3.08. The maximum atomic E-state index is 12.6. The van der Waals surface area contributed by atoms with Gasteiger partial charge in [0.05, 0.1) is 12.2 Å². The summed E-state index contributed by atoms with van der Waals surface area (Å²) >= 11 is 0. The van der Waals surface area contributed by atoms with Crippen LogP contribution >= 0.6 is 0 Å². The number of cyclic esters (lactones) is 1. The quantitative estimate of drug-likeness (QED) is 0.785. The van der Waals surface area contributed by atoms with Crippen LogP contribution in [0, 0.1) is 6.92 Å². The smallest absolute Gasteiger partial charge is 0.414 e. The van der Waals surface area contributed by atoms with Crippen molar-refractivity contribution in [1.82, 2.24) is 4.90 Å². The molecule has 2 aromatic rings. The van der Waals surface area contributed by atoms with Gasteiger partial charge in [-0.25, -0.2) is 4.79 Å². The van der Waals surface area contributed by atoms with E-state index in [0.717, 1.165) is 28.8 Å². The van der Waals surface area contributed by atoms with Crippen LogP contribution in [0.25, 0.3) is 6.08 Å². The Kier molecular flexibility index (Phi) is 4.67. The molecule has 138 valence electrons. The van der Waals surface area contributed by atoms with Crippen molar-refractivity contribution in [3.8, 4) is 0 Å². The predicted octanol–water partition coefficient (Wildman–Crippen LogP) is 3.55. The summed E-state index contributed by atoms with van der Waals surface area (Å²) in [6.45, 7) is 4.25. The average molecular weight is 362 g/mol. The van der Waals surface area contributed by atoms with Gasteiger partial charge in [-0.2, -0.15) is 0 Å². The summed E-state index contributed by atoms with van der Waals surface area (Å²) in [6.07, 6.45) is 3.95. The molecule has 0 aliphatic carbocycles. The summed E-state index contributed by atoms with van der Waals surface area (Å²) in [7, 11) is 0. The Morgan fingerprint density at radius 1 is 1.15 bits per heavy atom. The van der Waals surface area contributed by atoms with Crippen molar-refractivity contribution in [1.29, 1.82) is 0 Å². The number of amides is 2. The zero-order valence-corrected chi connectivity index (χ0v) is 15.4. The molecule has 0 aromatic heterocycles. The van der Waals surface area contributed by atoms with Crippen LogP contribution in [0.15, 0.2) is 48.5 Å². The van der Waals surface area contributed by atoms with Gasteiger partial charge in [-0.05, 0) is 42.2 Å². The number of hydrogen-bond acceptors (Lipinski definition) is 3. The van der Waals surface area contributed by atoms with Gasteiger partial charge >= 0.3 is 6.09 Å². The first-order valence-electron chi connectivity index (χ1n) is 9.20. The zero-order valence-electron chi connectivity index (χ0n) is 15.4. The summed E-state index contributed by atoms with van der Waals surface area (Å²) in [5, 5.41) is 0. The van der Waals surface area contributed by atoms with Crippen LogP contribution in [-0.2, 0) is 22.5 Å². The Morgan fingerprint density at radius 2 is 2.00 bits per heavy atom. The van der Waals surface area contributed by atoms with Gasteiger partial charge in [-0.3, -0.25) is 9.69 Å². The van der Waals surface area contributed by atoms with Gasteiger partial charge in [-0.1, -0.05) is 42.0 Å². The highest BCUT2D eigenvalue weighted by molar-refractivity contribution is 5.93. The van der Waals surface area contributed by atoms with Gasteiger partial charge in [0.2, 0.25) is 5.91 Å². The third-order valence-electron chi connectivity index (χ3n) is 5.07. The van der Waals surface area contributed by atoms with Crippen molar-refractivity contribution in [3.05, 3.63) is 70.8 Å². The molecule has 0 saturated carbocycles. The number of fused-ring (bicyclic) bond motifs is 1. The van der Waals surface area contributed by atoms with Crippen molar-refractivity contribution < 1.29 is 14.3 Å². The number of aryl methyl sites for hydroxylation is 1. The molecule has 5 nitrogen and oxygen atoms in total. The van der Waals surface area contributed by atoms with Crippen molar-refractivity contribution >= 4 is 23.8 Å². The van der Waals surface area contributed by atoms with Crippen LogP contribution < -0.4 is 4.90 Å². The Morgan fingerprint density at radius 3 is 2.78 bits per heavy atom. The van der Waals surface area contributed by atoms with E-state index < -0.39 is 0 Å². The predicted molar refractivity (Wildman–Crippen MR) is 104 cm³/mol. The van der Waals surface area contributed by atoms with E-state index in [-0.39, 0.29) is 12.0 Å². The number of benzene rings is 2. The van der Waals surface area contributed by atoms with Crippen LogP contribution in [-0.4, -0.2) is 36.6 Å². The van der Waals surface area contributed by atoms with E-state index in [1.54, 1.807) is 11.0 Å². The molecule has 1 saturated heterocycles. The van der Waals surface area contributed by atoms with E-state index in [1.807, 2.05) is 54.3 Å². The highest BCUT2D eigenvalue weighted by Gasteiger charge is 2.29. The molecule has 5 heteroatoms. The third-order valence-corrected chi connectivity index (χ3v) is 5.07. The first-order chi connectivity index (χ1) is 13.1. The average Bonchev–Trinajstić information content (AvgIpc) is 3.11. The molecule has 0 spiro atoms. The molecule has 2 heterocycles. The summed E-state index contributed by atoms with van der Waals surface area (Å²) in [6, 6.07) is 14.0. The number of ether oxygens (including phenoxy) is 1. The molecule has 2 aromatic carbocycles. The minimum Gasteiger partial charge on any atom is -0.447 e. The second-order valence-corrected chi connectivity index (χ2v) is 6.94. The molecule has 27 heavy (non-hydrogen) atoms. The maximum Gasteiger partial charge on any atom is 0.414 e. The lowest BCUT2D eigenvalue weighted by Gasteiger charge is -2.30. The third kappa shape index (κ3) is 3.58. The van der Waals surface area contributed by atoms with E-state index in [0.29, 0.717) is 26.2 Å². The summed E-state index contributed by atoms with van der Waals surface area (Å²) < 4.78 is 5.07. The van der Waals surface area contributed by atoms with Gasteiger partial charge in [-0.15, -0.1) is 0 Å². The normalized spacial score (nSPS) is 16.6. The number of carbonyl (C=O) groups is 2. The molecule has 1 fully saturated rings. The van der Waals surface area contributed by atoms with E-state index in [4.69, 9.17) is 4.74 Å². The fourth-order valence-corrected chi connectivity index (χ4v) is 3.69. The zero-order chi connectivity index (χ0) is 18.8. The van der Waals surface area contributed by atoms with Crippen molar-refractivity contribution in [2.24, 2.45) is 0 Å². The molecule has 0 N–H and O–H groups in total. The lowest BCUT2D eigenvalue weighted by Crippen LogP contribution is -2.36. The Labute approximate surface area is 158 Å². The van der Waals surface area contributed by atoms with Crippen molar-refractivity contribution in [2.45, 2.75) is 19.9 Å². The fourth-order valence-electron chi connectivity index (χ4n) is 3.69. The molecular formula is C22H22N2O3. The van der Waals surface area contributed by atoms with Crippen molar-refractivity contribution in [2.75, 3.05) is 24.6 Å². The molecule has 2 amide bonds. The monoisotopic (exact) mass is 362 g/mol. The van der Waals surface area contributed by atoms with Crippen molar-refractivity contribution in [3.63, 3.8) is 0 Å². The molecule has 2 aliphatic heterocycles. The number of hydrogen-bond donors (Lipinski definition) is 0. The van der Waals surface area contributed by atoms with Gasteiger partial charge in [0.25, 0.3) is 0 Å². The van der Waals surface area contributed by atoms with Crippen LogP contribution in [0.4, 0.5) is 10.5 Å². The lowest BCUT2D eigenvalue weighted by molar-refractivity contribution is -0.126. The minimum absolute atomic E-state index is 0.00754. The van der Waals surface area contributed by atoms with Gasteiger partial charge < -0.3 is 9.64 Å². The summed E-state index contributed by atoms with van der Waals surface area (Å²) in [5.74, 6) is 0.00754. The van der Waals surface area contributed by atoms with E-state index in [2.05, 4.69) is 6.07 Å². The van der Waals surface area contributed by atoms with Gasteiger partial charge in [0, 0.05) is 19.2 Å².